The Balaban J connectivity index is 1.54. The largest absolute Gasteiger partial charge is 0.467 e. The highest BCUT2D eigenvalue weighted by Crippen LogP contribution is 2.31. The first-order chi connectivity index (χ1) is 16.3. The maximum atomic E-state index is 14.5. The van der Waals surface area contributed by atoms with E-state index in [4.69, 9.17) is 4.74 Å². The summed E-state index contributed by atoms with van der Waals surface area (Å²) in [6, 6.07) is 7.43. The van der Waals surface area contributed by atoms with Crippen molar-refractivity contribution in [2.24, 2.45) is 7.05 Å². The number of amides is 1. The number of fused-ring (bicyclic) bond motifs is 2. The number of anilines is 2. The van der Waals surface area contributed by atoms with Crippen molar-refractivity contribution in [3.8, 4) is 6.01 Å². The Bertz CT molecular complexity index is 1390. The fraction of sp³-hybridized carbons (Fsp3) is 0.333. The Labute approximate surface area is 195 Å². The van der Waals surface area contributed by atoms with Crippen LogP contribution in [0.2, 0.25) is 0 Å². The molecular formula is C24H26FN7O2. The Hall–Kier alpha value is -3.79. The lowest BCUT2D eigenvalue weighted by atomic mass is 10.0. The fourth-order valence-electron chi connectivity index (χ4n) is 4.65. The van der Waals surface area contributed by atoms with Gasteiger partial charge in [0.05, 0.1) is 18.2 Å². The molecule has 4 aromatic rings. The van der Waals surface area contributed by atoms with Gasteiger partial charge in [-0.2, -0.15) is 10.1 Å². The van der Waals surface area contributed by atoms with Gasteiger partial charge in [-0.05, 0) is 38.1 Å². The van der Waals surface area contributed by atoms with Crippen LogP contribution < -0.4 is 20.3 Å². The highest BCUT2D eigenvalue weighted by molar-refractivity contribution is 6.14. The number of nitrogens with one attached hydrogen (secondary N) is 2. The van der Waals surface area contributed by atoms with Gasteiger partial charge in [0.1, 0.15) is 5.52 Å². The average Bonchev–Trinajstić information content (AvgIpc) is 3.18. The highest BCUT2D eigenvalue weighted by atomic mass is 19.1. The first-order valence-electron chi connectivity index (χ1n) is 11.1. The normalized spacial score (nSPS) is 18.4. The molecule has 0 aliphatic carbocycles. The van der Waals surface area contributed by atoms with Gasteiger partial charge in [-0.1, -0.05) is 0 Å². The van der Waals surface area contributed by atoms with Crippen molar-refractivity contribution in [2.45, 2.75) is 25.9 Å². The minimum Gasteiger partial charge on any atom is -0.467 e. The van der Waals surface area contributed by atoms with Crippen molar-refractivity contribution in [3.63, 3.8) is 0 Å². The second kappa shape index (κ2) is 8.53. The lowest BCUT2D eigenvalue weighted by Crippen LogP contribution is -2.54. The summed E-state index contributed by atoms with van der Waals surface area (Å²) in [7, 11) is 3.20. The smallest absolute Gasteiger partial charge is 0.316 e. The van der Waals surface area contributed by atoms with Gasteiger partial charge in [0.25, 0.3) is 5.91 Å². The van der Waals surface area contributed by atoms with E-state index in [1.807, 2.05) is 6.07 Å². The van der Waals surface area contributed by atoms with Crippen molar-refractivity contribution >= 4 is 39.1 Å². The Kier molecular flexibility index (Phi) is 5.52. The SMILES string of the molecule is COc1ncc2c(N3C[C@H](C)N[C@@H](C)C3)ccc(C(=O)Nc3cc(F)c4nn(C)cc4c3)c2n1. The minimum atomic E-state index is -0.500. The van der Waals surface area contributed by atoms with E-state index in [2.05, 4.69) is 44.4 Å². The van der Waals surface area contributed by atoms with E-state index in [9.17, 15) is 9.18 Å². The molecule has 1 amide bonds. The van der Waals surface area contributed by atoms with Crippen LogP contribution in [0.1, 0.15) is 24.2 Å². The van der Waals surface area contributed by atoms with Crippen LogP contribution in [0.4, 0.5) is 15.8 Å². The second-order valence-electron chi connectivity index (χ2n) is 8.78. The predicted octanol–water partition coefficient (Wildman–Crippen LogP) is 3.10. The van der Waals surface area contributed by atoms with Crippen LogP contribution in [0, 0.1) is 5.82 Å². The molecule has 2 aromatic heterocycles. The molecule has 9 nitrogen and oxygen atoms in total. The van der Waals surface area contributed by atoms with Crippen molar-refractivity contribution in [1.82, 2.24) is 25.1 Å². The number of aromatic nitrogens is 4. The summed E-state index contributed by atoms with van der Waals surface area (Å²) in [4.78, 5) is 24.4. The molecule has 1 aliphatic heterocycles. The summed E-state index contributed by atoms with van der Waals surface area (Å²) >= 11 is 0. The number of hydrogen-bond acceptors (Lipinski definition) is 7. The highest BCUT2D eigenvalue weighted by Gasteiger charge is 2.25. The Morgan fingerprint density at radius 2 is 1.97 bits per heavy atom. The van der Waals surface area contributed by atoms with E-state index in [-0.39, 0.29) is 11.5 Å². The lowest BCUT2D eigenvalue weighted by Gasteiger charge is -2.38. The molecule has 3 heterocycles. The third-order valence-corrected chi connectivity index (χ3v) is 5.97. The second-order valence-corrected chi connectivity index (χ2v) is 8.78. The fourth-order valence-corrected chi connectivity index (χ4v) is 4.65. The van der Waals surface area contributed by atoms with E-state index >= 15 is 0 Å². The molecule has 1 aliphatic rings. The minimum absolute atomic E-state index is 0.170. The van der Waals surface area contributed by atoms with Crippen LogP contribution in [0.25, 0.3) is 21.8 Å². The molecule has 34 heavy (non-hydrogen) atoms. The Morgan fingerprint density at radius 3 is 2.71 bits per heavy atom. The first-order valence-corrected chi connectivity index (χ1v) is 11.1. The molecule has 2 N–H and O–H groups in total. The van der Waals surface area contributed by atoms with E-state index in [0.717, 1.165) is 24.2 Å². The van der Waals surface area contributed by atoms with Gasteiger partial charge in [-0.25, -0.2) is 9.37 Å². The molecule has 176 valence electrons. The number of benzene rings is 2. The van der Waals surface area contributed by atoms with Crippen LogP contribution in [-0.2, 0) is 7.05 Å². The van der Waals surface area contributed by atoms with Gasteiger partial charge in [0.2, 0.25) is 0 Å². The monoisotopic (exact) mass is 463 g/mol. The van der Waals surface area contributed by atoms with E-state index in [0.29, 0.717) is 34.2 Å². The van der Waals surface area contributed by atoms with Crippen molar-refractivity contribution in [3.05, 3.63) is 48.0 Å². The average molecular weight is 464 g/mol. The van der Waals surface area contributed by atoms with Crippen LogP contribution in [0.5, 0.6) is 6.01 Å². The molecule has 1 fully saturated rings. The number of rotatable bonds is 4. The number of nitrogens with zero attached hydrogens (tertiary/aromatic N) is 5. The molecule has 0 unspecified atom stereocenters. The maximum Gasteiger partial charge on any atom is 0.316 e. The molecule has 0 saturated carbocycles. The van der Waals surface area contributed by atoms with Gasteiger partial charge in [0, 0.05) is 66.8 Å². The van der Waals surface area contributed by atoms with Gasteiger partial charge in [0.15, 0.2) is 5.82 Å². The number of carbonyl (C=O) groups excluding carboxylic acids is 1. The predicted molar refractivity (Wildman–Crippen MR) is 129 cm³/mol. The Morgan fingerprint density at radius 1 is 1.21 bits per heavy atom. The van der Waals surface area contributed by atoms with Gasteiger partial charge in [-0.3, -0.25) is 9.48 Å². The number of aryl methyl sites for hydroxylation is 1. The molecule has 0 bridgehead atoms. The third kappa shape index (κ3) is 4.01. The van der Waals surface area contributed by atoms with Crippen LogP contribution >= 0.6 is 0 Å². The zero-order valence-corrected chi connectivity index (χ0v) is 19.5. The molecule has 5 rings (SSSR count). The molecule has 2 aromatic carbocycles. The number of ether oxygens (including phenoxy) is 1. The molecule has 10 heteroatoms. The van der Waals surface area contributed by atoms with Crippen LogP contribution in [0.15, 0.2) is 36.7 Å². The molecule has 0 spiro atoms. The number of methoxy groups -OCH3 is 1. The zero-order chi connectivity index (χ0) is 24.0. The van der Waals surface area contributed by atoms with Gasteiger partial charge in [-0.15, -0.1) is 0 Å². The van der Waals surface area contributed by atoms with Gasteiger partial charge >= 0.3 is 6.01 Å². The van der Waals surface area contributed by atoms with E-state index in [1.165, 1.54) is 17.9 Å². The van der Waals surface area contributed by atoms with Crippen molar-refractivity contribution in [1.29, 1.82) is 0 Å². The van der Waals surface area contributed by atoms with E-state index < -0.39 is 11.7 Å². The van der Waals surface area contributed by atoms with E-state index in [1.54, 1.807) is 31.6 Å². The molecular weight excluding hydrogens is 437 g/mol. The summed E-state index contributed by atoms with van der Waals surface area (Å²) in [5, 5.41) is 11.8. The lowest BCUT2D eigenvalue weighted by molar-refractivity contribution is 0.102. The third-order valence-electron chi connectivity index (χ3n) is 5.97. The summed E-state index contributed by atoms with van der Waals surface area (Å²) in [6.07, 6.45) is 3.39. The van der Waals surface area contributed by atoms with Gasteiger partial charge < -0.3 is 20.3 Å². The molecule has 1 saturated heterocycles. The molecule has 2 atom stereocenters. The van der Waals surface area contributed by atoms with Crippen molar-refractivity contribution in [2.75, 3.05) is 30.4 Å². The number of carbonyl (C=O) groups is 1. The standard InChI is InChI=1S/C24H26FN7O2/c1-13-10-32(11-14(2)27-13)20-6-5-17(22-18(20)9-26-24(29-22)34-4)23(33)28-16-7-15-12-31(3)30-21(15)19(25)8-16/h5-9,12-14,27H,10-11H2,1-4H3,(H,28,33)/t13-,14-/m0/s1. The number of hydrogen-bond donors (Lipinski definition) is 2. The number of piperazine rings is 1. The zero-order valence-electron chi connectivity index (χ0n) is 19.5. The quantitative estimate of drug-likeness (QED) is 0.480. The number of halogens is 1. The van der Waals surface area contributed by atoms with Crippen LogP contribution in [0.3, 0.4) is 0 Å². The summed E-state index contributed by atoms with van der Waals surface area (Å²) in [5.41, 5.74) is 2.38. The molecule has 0 radical (unpaired) electrons. The first kappa shape index (κ1) is 22.0. The topological polar surface area (TPSA) is 97.2 Å². The summed E-state index contributed by atoms with van der Waals surface area (Å²) in [6.45, 7) is 5.93. The van der Waals surface area contributed by atoms with Crippen molar-refractivity contribution < 1.29 is 13.9 Å². The van der Waals surface area contributed by atoms with Crippen LogP contribution in [-0.4, -0.2) is 57.9 Å². The maximum absolute atomic E-state index is 14.5. The summed E-state index contributed by atoms with van der Waals surface area (Å²) in [5.74, 6) is -0.901. The summed E-state index contributed by atoms with van der Waals surface area (Å²) < 4.78 is 21.3.